The molecule has 0 saturated carbocycles. The molecule has 0 rings (SSSR count). The van der Waals surface area contributed by atoms with Crippen molar-refractivity contribution < 1.29 is 17.0 Å². The molecule has 0 aliphatic carbocycles. The molecular formula is C17H34BrP. The van der Waals surface area contributed by atoms with Crippen molar-refractivity contribution in [2.24, 2.45) is 0 Å². The first-order chi connectivity index (χ1) is 8.56. The van der Waals surface area contributed by atoms with E-state index >= 15 is 0 Å². The van der Waals surface area contributed by atoms with E-state index in [9.17, 15) is 0 Å². The van der Waals surface area contributed by atoms with E-state index in [2.05, 4.69) is 38.7 Å². The molecule has 0 aliphatic heterocycles. The Morgan fingerprint density at radius 3 is 1.74 bits per heavy atom. The quantitative estimate of drug-likeness (QED) is 0.288. The number of rotatable bonds is 12. The van der Waals surface area contributed by atoms with Crippen LogP contribution in [0.15, 0.2) is 24.8 Å². The molecule has 0 atom stereocenters. The van der Waals surface area contributed by atoms with Crippen molar-refractivity contribution >= 4 is 7.26 Å². The van der Waals surface area contributed by atoms with Gasteiger partial charge in [-0.25, -0.2) is 0 Å². The number of hydrogen-bond acceptors (Lipinski definition) is 0. The summed E-state index contributed by atoms with van der Waals surface area (Å²) in [6.07, 6.45) is 20.3. The number of unbranched alkanes of at least 4 members (excludes halogenated alkanes) is 8. The van der Waals surface area contributed by atoms with Gasteiger partial charge in [0, 0.05) is 27.3 Å². The van der Waals surface area contributed by atoms with E-state index in [0.717, 1.165) is 0 Å². The number of allylic oxidation sites excluding steroid dienone is 3. The summed E-state index contributed by atoms with van der Waals surface area (Å²) in [5.74, 6) is 0. The van der Waals surface area contributed by atoms with Crippen molar-refractivity contribution in [2.45, 2.75) is 57.8 Å². The Morgan fingerprint density at radius 1 is 0.789 bits per heavy atom. The van der Waals surface area contributed by atoms with Gasteiger partial charge in [-0.3, -0.25) is 0 Å². The smallest absolute Gasteiger partial charge is 0.0586 e. The summed E-state index contributed by atoms with van der Waals surface area (Å²) in [5.41, 5.74) is 0. The number of hydrogen-bond donors (Lipinski definition) is 0. The van der Waals surface area contributed by atoms with Crippen molar-refractivity contribution in [3.63, 3.8) is 0 Å². The molecule has 0 aromatic heterocycles. The highest BCUT2D eigenvalue weighted by atomic mass is 79.9. The largest absolute Gasteiger partial charge is 1.00 e. The van der Waals surface area contributed by atoms with Gasteiger partial charge in [0.15, 0.2) is 0 Å². The Hall–Kier alpha value is 0.390. The zero-order valence-electron chi connectivity index (χ0n) is 13.3. The van der Waals surface area contributed by atoms with Gasteiger partial charge in [-0.2, -0.15) is 0 Å². The molecule has 114 valence electrons. The molecule has 0 aliphatic rings. The highest BCUT2D eigenvalue weighted by Crippen LogP contribution is 2.47. The predicted octanol–water partition coefficient (Wildman–Crippen LogP) is 3.15. The van der Waals surface area contributed by atoms with Gasteiger partial charge in [0.25, 0.3) is 0 Å². The molecule has 0 aromatic rings. The SMILES string of the molecule is C=CC=CCCCCCCCCCC[P+](C)(C)C.[Br-]. The van der Waals surface area contributed by atoms with E-state index in [1.807, 2.05) is 6.08 Å². The fourth-order valence-electron chi connectivity index (χ4n) is 2.10. The lowest BCUT2D eigenvalue weighted by Crippen LogP contribution is -3.00. The van der Waals surface area contributed by atoms with Crippen LogP contribution in [-0.4, -0.2) is 26.2 Å². The third-order valence-electron chi connectivity index (χ3n) is 3.22. The molecule has 0 N–H and O–H groups in total. The fourth-order valence-corrected chi connectivity index (χ4v) is 3.27. The van der Waals surface area contributed by atoms with E-state index < -0.39 is 7.26 Å². The monoisotopic (exact) mass is 348 g/mol. The van der Waals surface area contributed by atoms with Crippen LogP contribution >= 0.6 is 7.26 Å². The van der Waals surface area contributed by atoms with Gasteiger partial charge in [0.2, 0.25) is 0 Å². The van der Waals surface area contributed by atoms with Crippen LogP contribution in [0.4, 0.5) is 0 Å². The summed E-state index contributed by atoms with van der Waals surface area (Å²) >= 11 is 0. The normalized spacial score (nSPS) is 11.5. The molecule has 2 heteroatoms. The minimum Gasteiger partial charge on any atom is -1.00 e. The molecule has 0 nitrogen and oxygen atoms in total. The standard InChI is InChI=1S/C17H34P.BrH/c1-5-6-7-8-9-10-11-12-13-14-15-16-17-18(2,3)4;/h5-7H,1,8-17H2,2-4H3;1H/q+1;/p-1. The molecule has 0 aromatic carbocycles. The Balaban J connectivity index is 0. The molecular weight excluding hydrogens is 315 g/mol. The van der Waals surface area contributed by atoms with Crippen molar-refractivity contribution in [1.82, 2.24) is 0 Å². The maximum Gasteiger partial charge on any atom is 0.0586 e. The third kappa shape index (κ3) is 20.9. The van der Waals surface area contributed by atoms with E-state index in [1.54, 1.807) is 0 Å². The first kappa shape index (κ1) is 21.7. The number of halogens is 1. The molecule has 0 fully saturated rings. The maximum atomic E-state index is 3.67. The van der Waals surface area contributed by atoms with Gasteiger partial charge in [0.1, 0.15) is 0 Å². The molecule has 0 bridgehead atoms. The average molecular weight is 349 g/mol. The highest BCUT2D eigenvalue weighted by molar-refractivity contribution is 7.73. The zero-order valence-corrected chi connectivity index (χ0v) is 15.8. The summed E-state index contributed by atoms with van der Waals surface area (Å²) in [6, 6.07) is 0. The molecule has 0 spiro atoms. The van der Waals surface area contributed by atoms with E-state index in [0.29, 0.717) is 0 Å². The fraction of sp³-hybridized carbons (Fsp3) is 0.765. The summed E-state index contributed by atoms with van der Waals surface area (Å²) in [4.78, 5) is 0. The second-order valence-electron chi connectivity index (χ2n) is 6.29. The summed E-state index contributed by atoms with van der Waals surface area (Å²) in [7, 11) is -0.509. The van der Waals surface area contributed by atoms with Gasteiger partial charge >= 0.3 is 0 Å². The van der Waals surface area contributed by atoms with Gasteiger partial charge in [0.05, 0.1) is 6.16 Å². The van der Waals surface area contributed by atoms with Crippen LogP contribution in [0, 0.1) is 0 Å². The molecule has 0 amide bonds. The van der Waals surface area contributed by atoms with Crippen molar-refractivity contribution in [3.8, 4) is 0 Å². The van der Waals surface area contributed by atoms with E-state index in [-0.39, 0.29) is 17.0 Å². The summed E-state index contributed by atoms with van der Waals surface area (Å²) in [6.45, 7) is 11.0. The molecule has 19 heavy (non-hydrogen) atoms. The van der Waals surface area contributed by atoms with Crippen LogP contribution in [0.5, 0.6) is 0 Å². The Kier molecular flexibility index (Phi) is 16.9. The third-order valence-corrected chi connectivity index (χ3v) is 4.88. The first-order valence-electron chi connectivity index (χ1n) is 7.64. The van der Waals surface area contributed by atoms with Crippen molar-refractivity contribution in [3.05, 3.63) is 24.8 Å². The predicted molar refractivity (Wildman–Crippen MR) is 90.4 cm³/mol. The lowest BCUT2D eigenvalue weighted by molar-refractivity contribution is -0.00000419. The Morgan fingerprint density at radius 2 is 1.26 bits per heavy atom. The highest BCUT2D eigenvalue weighted by Gasteiger charge is 2.15. The topological polar surface area (TPSA) is 0 Å². The van der Waals surface area contributed by atoms with Gasteiger partial charge in [-0.05, 0) is 25.7 Å². The summed E-state index contributed by atoms with van der Waals surface area (Å²) in [5, 5.41) is 0. The lowest BCUT2D eigenvalue weighted by atomic mass is 10.1. The van der Waals surface area contributed by atoms with Crippen molar-refractivity contribution in [2.75, 3.05) is 26.2 Å². The second-order valence-corrected chi connectivity index (χ2v) is 11.3. The second kappa shape index (κ2) is 14.8. The minimum absolute atomic E-state index is 0. The molecule has 0 heterocycles. The Labute approximate surface area is 133 Å². The van der Waals surface area contributed by atoms with Crippen molar-refractivity contribution in [1.29, 1.82) is 0 Å². The van der Waals surface area contributed by atoms with Crippen LogP contribution in [0.1, 0.15) is 57.8 Å². The van der Waals surface area contributed by atoms with E-state index in [1.165, 1.54) is 63.9 Å². The summed E-state index contributed by atoms with van der Waals surface area (Å²) < 4.78 is 0. The first-order valence-corrected chi connectivity index (χ1v) is 11.0. The van der Waals surface area contributed by atoms with E-state index in [4.69, 9.17) is 0 Å². The van der Waals surface area contributed by atoms with Crippen LogP contribution in [0.2, 0.25) is 0 Å². The van der Waals surface area contributed by atoms with Crippen LogP contribution in [0.25, 0.3) is 0 Å². The van der Waals surface area contributed by atoms with Gasteiger partial charge in [-0.15, -0.1) is 0 Å². The van der Waals surface area contributed by atoms with Gasteiger partial charge in [-0.1, -0.05) is 56.9 Å². The van der Waals surface area contributed by atoms with Crippen LogP contribution < -0.4 is 17.0 Å². The lowest BCUT2D eigenvalue weighted by Gasteiger charge is -2.10. The maximum absolute atomic E-state index is 3.67. The van der Waals surface area contributed by atoms with Gasteiger partial charge < -0.3 is 17.0 Å². The minimum atomic E-state index is -0.509. The Bertz CT molecular complexity index is 216. The van der Waals surface area contributed by atoms with Crippen LogP contribution in [0.3, 0.4) is 0 Å². The molecule has 0 radical (unpaired) electrons. The average Bonchev–Trinajstić information content (AvgIpc) is 2.29. The van der Waals surface area contributed by atoms with Crippen LogP contribution in [-0.2, 0) is 0 Å². The molecule has 0 saturated heterocycles. The molecule has 0 unspecified atom stereocenters. The zero-order chi connectivity index (χ0) is 13.7.